The Bertz CT molecular complexity index is 508. The lowest BCUT2D eigenvalue weighted by Crippen LogP contribution is -2.11. The highest BCUT2D eigenvalue weighted by Gasteiger charge is 2.07. The fraction of sp³-hybridized carbons (Fsp3) is 0.154. The highest BCUT2D eigenvalue weighted by molar-refractivity contribution is 7.07. The molecule has 4 nitrogen and oxygen atoms in total. The van der Waals surface area contributed by atoms with E-state index in [0.717, 1.165) is 11.3 Å². The number of nitrogens with one attached hydrogen (secondary N) is 1. The quantitative estimate of drug-likeness (QED) is 0.775. The van der Waals surface area contributed by atoms with Crippen LogP contribution in [0.3, 0.4) is 0 Å². The van der Waals surface area contributed by atoms with Gasteiger partial charge in [0.05, 0.1) is 11.7 Å². The second-order valence-electron chi connectivity index (χ2n) is 3.84. The Kier molecular flexibility index (Phi) is 3.96. The van der Waals surface area contributed by atoms with Crippen molar-refractivity contribution < 1.29 is 15.0 Å². The molecule has 0 fully saturated rings. The van der Waals surface area contributed by atoms with Crippen molar-refractivity contribution in [1.29, 1.82) is 0 Å². The summed E-state index contributed by atoms with van der Waals surface area (Å²) < 4.78 is 0. The molecule has 0 saturated carbocycles. The monoisotopic (exact) mass is 263 g/mol. The van der Waals surface area contributed by atoms with Gasteiger partial charge in [-0.2, -0.15) is 11.3 Å². The summed E-state index contributed by atoms with van der Waals surface area (Å²) in [5, 5.41) is 25.5. The number of carboxylic acid groups (broad SMARTS) is 1. The minimum absolute atomic E-state index is 0.249. The second-order valence-corrected chi connectivity index (χ2v) is 4.62. The summed E-state index contributed by atoms with van der Waals surface area (Å²) in [6, 6.07) is 8.31. The van der Waals surface area contributed by atoms with Crippen LogP contribution in [0, 0.1) is 0 Å². The molecule has 0 spiro atoms. The van der Waals surface area contributed by atoms with Crippen molar-refractivity contribution in [3.05, 3.63) is 52.2 Å². The molecule has 1 atom stereocenters. The van der Waals surface area contributed by atoms with Gasteiger partial charge in [-0.25, -0.2) is 4.79 Å². The topological polar surface area (TPSA) is 69.6 Å². The van der Waals surface area contributed by atoms with Crippen LogP contribution in [0.1, 0.15) is 22.0 Å². The molecule has 0 aliphatic carbocycles. The standard InChI is InChI=1S/C13H13NO3S/c15-12(10-5-6-18-8-10)7-14-11-3-1-9(2-4-11)13(16)17/h1-6,8,12,14-15H,7H2,(H,16,17). The Morgan fingerprint density at radius 1 is 1.28 bits per heavy atom. The van der Waals surface area contributed by atoms with Crippen LogP contribution in [0.25, 0.3) is 0 Å². The Morgan fingerprint density at radius 2 is 2.00 bits per heavy atom. The third-order valence-corrected chi connectivity index (χ3v) is 3.26. The molecular formula is C13H13NO3S. The first-order chi connectivity index (χ1) is 8.66. The molecule has 2 aromatic rings. The first-order valence-electron chi connectivity index (χ1n) is 5.44. The molecule has 18 heavy (non-hydrogen) atoms. The van der Waals surface area contributed by atoms with Gasteiger partial charge in [0.15, 0.2) is 0 Å². The molecular weight excluding hydrogens is 250 g/mol. The number of aliphatic hydroxyl groups excluding tert-OH is 1. The number of aliphatic hydroxyl groups is 1. The summed E-state index contributed by atoms with van der Waals surface area (Å²) in [4.78, 5) is 10.7. The van der Waals surface area contributed by atoms with E-state index < -0.39 is 12.1 Å². The van der Waals surface area contributed by atoms with E-state index in [1.54, 1.807) is 23.5 Å². The molecule has 1 aromatic heterocycles. The fourth-order valence-corrected chi connectivity index (χ4v) is 2.23. The maximum Gasteiger partial charge on any atom is 0.335 e. The summed E-state index contributed by atoms with van der Waals surface area (Å²) in [6.45, 7) is 0.392. The predicted molar refractivity (Wildman–Crippen MR) is 71.2 cm³/mol. The number of carboxylic acids is 1. The minimum atomic E-state index is -0.945. The van der Waals surface area contributed by atoms with Gasteiger partial charge in [-0.3, -0.25) is 0 Å². The van der Waals surface area contributed by atoms with Crippen molar-refractivity contribution >= 4 is 23.0 Å². The van der Waals surface area contributed by atoms with E-state index in [2.05, 4.69) is 5.32 Å². The fourth-order valence-electron chi connectivity index (χ4n) is 1.53. The van der Waals surface area contributed by atoms with Crippen LogP contribution >= 0.6 is 11.3 Å². The number of carbonyl (C=O) groups is 1. The molecule has 0 aliphatic heterocycles. The van der Waals surface area contributed by atoms with E-state index >= 15 is 0 Å². The maximum atomic E-state index is 10.7. The highest BCUT2D eigenvalue weighted by atomic mass is 32.1. The number of rotatable bonds is 5. The maximum absolute atomic E-state index is 10.7. The molecule has 2 rings (SSSR count). The van der Waals surface area contributed by atoms with Crippen LogP contribution in [0.4, 0.5) is 5.69 Å². The zero-order valence-corrected chi connectivity index (χ0v) is 10.4. The molecule has 0 amide bonds. The van der Waals surface area contributed by atoms with E-state index in [1.165, 1.54) is 12.1 Å². The first-order valence-corrected chi connectivity index (χ1v) is 6.38. The Labute approximate surface area is 109 Å². The lowest BCUT2D eigenvalue weighted by Gasteiger charge is -2.11. The van der Waals surface area contributed by atoms with E-state index in [1.807, 2.05) is 16.8 Å². The number of hydrogen-bond acceptors (Lipinski definition) is 4. The second kappa shape index (κ2) is 5.66. The van der Waals surface area contributed by atoms with E-state index in [0.29, 0.717) is 6.54 Å². The molecule has 94 valence electrons. The third-order valence-electron chi connectivity index (χ3n) is 2.56. The van der Waals surface area contributed by atoms with Crippen molar-refractivity contribution in [2.24, 2.45) is 0 Å². The molecule has 0 saturated heterocycles. The molecule has 0 aliphatic rings. The Hall–Kier alpha value is -1.85. The zero-order chi connectivity index (χ0) is 13.0. The average molecular weight is 263 g/mol. The smallest absolute Gasteiger partial charge is 0.335 e. The molecule has 0 radical (unpaired) electrons. The van der Waals surface area contributed by atoms with Gasteiger partial charge >= 0.3 is 5.97 Å². The van der Waals surface area contributed by atoms with Crippen molar-refractivity contribution in [1.82, 2.24) is 0 Å². The average Bonchev–Trinajstić information content (AvgIpc) is 2.90. The van der Waals surface area contributed by atoms with Gasteiger partial charge in [-0.1, -0.05) is 0 Å². The Morgan fingerprint density at radius 3 is 2.56 bits per heavy atom. The largest absolute Gasteiger partial charge is 0.478 e. The lowest BCUT2D eigenvalue weighted by molar-refractivity contribution is 0.0697. The summed E-state index contributed by atoms with van der Waals surface area (Å²) in [5.41, 5.74) is 1.92. The van der Waals surface area contributed by atoms with E-state index in [-0.39, 0.29) is 5.56 Å². The van der Waals surface area contributed by atoms with Crippen LogP contribution in [-0.2, 0) is 0 Å². The van der Waals surface area contributed by atoms with Gasteiger partial charge in [-0.05, 0) is 46.7 Å². The number of benzene rings is 1. The van der Waals surface area contributed by atoms with Crippen LogP contribution in [0.15, 0.2) is 41.1 Å². The summed E-state index contributed by atoms with van der Waals surface area (Å²) in [7, 11) is 0. The highest BCUT2D eigenvalue weighted by Crippen LogP contribution is 2.17. The number of hydrogen-bond donors (Lipinski definition) is 3. The van der Waals surface area contributed by atoms with Crippen molar-refractivity contribution in [3.63, 3.8) is 0 Å². The molecule has 3 N–H and O–H groups in total. The van der Waals surface area contributed by atoms with Gasteiger partial charge < -0.3 is 15.5 Å². The van der Waals surface area contributed by atoms with Gasteiger partial charge in [0.25, 0.3) is 0 Å². The molecule has 1 unspecified atom stereocenters. The third kappa shape index (κ3) is 3.09. The van der Waals surface area contributed by atoms with E-state index in [4.69, 9.17) is 5.11 Å². The summed E-state index contributed by atoms with van der Waals surface area (Å²) in [5.74, 6) is -0.945. The zero-order valence-electron chi connectivity index (χ0n) is 9.54. The molecule has 1 heterocycles. The van der Waals surface area contributed by atoms with Crippen LogP contribution in [-0.4, -0.2) is 22.7 Å². The van der Waals surface area contributed by atoms with Gasteiger partial charge in [0.2, 0.25) is 0 Å². The van der Waals surface area contributed by atoms with Gasteiger partial charge in [-0.15, -0.1) is 0 Å². The summed E-state index contributed by atoms with van der Waals surface area (Å²) >= 11 is 1.54. The predicted octanol–water partition coefficient (Wildman–Crippen LogP) is 2.59. The number of thiophene rings is 1. The summed E-state index contributed by atoms with van der Waals surface area (Å²) in [6.07, 6.45) is -0.560. The Balaban J connectivity index is 1.92. The minimum Gasteiger partial charge on any atom is -0.478 e. The van der Waals surface area contributed by atoms with Gasteiger partial charge in [0, 0.05) is 12.2 Å². The van der Waals surface area contributed by atoms with Crippen LogP contribution < -0.4 is 5.32 Å². The first kappa shape index (κ1) is 12.6. The van der Waals surface area contributed by atoms with Crippen LogP contribution in [0.5, 0.6) is 0 Å². The van der Waals surface area contributed by atoms with Crippen LogP contribution in [0.2, 0.25) is 0 Å². The van der Waals surface area contributed by atoms with Gasteiger partial charge in [0.1, 0.15) is 0 Å². The van der Waals surface area contributed by atoms with E-state index in [9.17, 15) is 9.90 Å². The normalized spacial score (nSPS) is 12.1. The van der Waals surface area contributed by atoms with Crippen molar-refractivity contribution in [3.8, 4) is 0 Å². The molecule has 5 heteroatoms. The molecule has 0 bridgehead atoms. The molecule has 1 aromatic carbocycles. The SMILES string of the molecule is O=C(O)c1ccc(NCC(O)c2ccsc2)cc1. The van der Waals surface area contributed by atoms with Crippen molar-refractivity contribution in [2.45, 2.75) is 6.10 Å². The number of aromatic carboxylic acids is 1. The lowest BCUT2D eigenvalue weighted by atomic mass is 10.2. The number of anilines is 1. The van der Waals surface area contributed by atoms with Crippen molar-refractivity contribution in [2.75, 3.05) is 11.9 Å².